The Labute approximate surface area is 140 Å². The molecule has 130 valence electrons. The fraction of sp³-hybridized carbons (Fsp3) is 0.471. The van der Waals surface area contributed by atoms with Gasteiger partial charge in [-0.2, -0.15) is 0 Å². The van der Waals surface area contributed by atoms with Gasteiger partial charge in [0.2, 0.25) is 0 Å². The number of fused-ring (bicyclic) bond motifs is 1. The molecule has 0 aromatic heterocycles. The Morgan fingerprint density at radius 2 is 1.96 bits per heavy atom. The van der Waals surface area contributed by atoms with E-state index in [1.165, 1.54) is 4.90 Å². The number of ether oxygens (including phenoxy) is 2. The predicted octanol–water partition coefficient (Wildman–Crippen LogP) is 1.50. The van der Waals surface area contributed by atoms with Gasteiger partial charge in [-0.25, -0.2) is 4.79 Å². The third-order valence-electron chi connectivity index (χ3n) is 3.82. The van der Waals surface area contributed by atoms with E-state index in [-0.39, 0.29) is 38.5 Å². The highest BCUT2D eigenvalue weighted by atomic mass is 16.5. The van der Waals surface area contributed by atoms with Gasteiger partial charge in [0.15, 0.2) is 0 Å². The number of hydrogen-bond acceptors (Lipinski definition) is 6. The van der Waals surface area contributed by atoms with E-state index in [0.29, 0.717) is 11.3 Å². The molecule has 2 rings (SSSR count). The number of hydrogen-bond donors (Lipinski definition) is 1. The van der Waals surface area contributed by atoms with Crippen molar-refractivity contribution in [1.82, 2.24) is 4.90 Å². The van der Waals surface area contributed by atoms with Crippen LogP contribution in [-0.4, -0.2) is 42.0 Å². The average molecular weight is 334 g/mol. The first kappa shape index (κ1) is 17.8. The van der Waals surface area contributed by atoms with E-state index >= 15 is 0 Å². The summed E-state index contributed by atoms with van der Waals surface area (Å²) in [5.41, 5.74) is 7.60. The minimum atomic E-state index is -0.824. The van der Waals surface area contributed by atoms with E-state index < -0.39 is 18.0 Å². The van der Waals surface area contributed by atoms with E-state index in [1.54, 1.807) is 32.0 Å². The molecule has 1 unspecified atom stereocenters. The number of nitrogen functional groups attached to an aromatic ring is 1. The number of carbonyl (C=O) groups excluding carboxylic acids is 3. The Morgan fingerprint density at radius 1 is 1.25 bits per heavy atom. The first-order valence-corrected chi connectivity index (χ1v) is 7.99. The summed E-state index contributed by atoms with van der Waals surface area (Å²) in [6.45, 7) is 4.16. The summed E-state index contributed by atoms with van der Waals surface area (Å²) in [6, 6.07) is 4.20. The van der Waals surface area contributed by atoms with Crippen LogP contribution in [0.5, 0.6) is 0 Å². The van der Waals surface area contributed by atoms with Crippen LogP contribution in [0, 0.1) is 0 Å². The first-order chi connectivity index (χ1) is 11.5. The van der Waals surface area contributed by atoms with Crippen LogP contribution in [0.15, 0.2) is 18.2 Å². The lowest BCUT2D eigenvalue weighted by molar-refractivity contribution is -0.150. The van der Waals surface area contributed by atoms with Gasteiger partial charge in [-0.05, 0) is 44.0 Å². The molecule has 1 amide bonds. The Morgan fingerprint density at radius 3 is 2.62 bits per heavy atom. The van der Waals surface area contributed by atoms with Crippen LogP contribution in [0.1, 0.15) is 42.6 Å². The Bertz CT molecular complexity index is 644. The van der Waals surface area contributed by atoms with Crippen LogP contribution in [0.4, 0.5) is 5.69 Å². The van der Waals surface area contributed by atoms with Crippen molar-refractivity contribution in [2.24, 2.45) is 0 Å². The van der Waals surface area contributed by atoms with E-state index in [2.05, 4.69) is 0 Å². The molecule has 0 radical (unpaired) electrons. The molecule has 1 heterocycles. The van der Waals surface area contributed by atoms with E-state index in [0.717, 1.165) is 5.56 Å². The highest BCUT2D eigenvalue weighted by Gasteiger charge is 2.37. The standard InChI is InChI=1S/C17H22N2O5/c1-3-23-15(20)8-7-14(17(22)24-4-2)19-10-11-9-12(18)5-6-13(11)16(19)21/h5-6,9,14H,3-4,7-8,10,18H2,1-2H3. The Balaban J connectivity index is 2.17. The number of nitrogens with zero attached hydrogens (tertiary/aromatic N) is 1. The van der Waals surface area contributed by atoms with Crippen LogP contribution >= 0.6 is 0 Å². The third-order valence-corrected chi connectivity index (χ3v) is 3.82. The number of anilines is 1. The molecule has 0 saturated heterocycles. The topological polar surface area (TPSA) is 98.9 Å². The van der Waals surface area contributed by atoms with Crippen molar-refractivity contribution < 1.29 is 23.9 Å². The fourth-order valence-electron chi connectivity index (χ4n) is 2.74. The van der Waals surface area contributed by atoms with Crippen LogP contribution < -0.4 is 5.73 Å². The number of benzene rings is 1. The summed E-state index contributed by atoms with van der Waals surface area (Å²) in [5.74, 6) is -1.18. The zero-order chi connectivity index (χ0) is 17.7. The van der Waals surface area contributed by atoms with Crippen LogP contribution in [0.25, 0.3) is 0 Å². The molecular formula is C17H22N2O5. The molecule has 1 aromatic rings. The summed E-state index contributed by atoms with van der Waals surface area (Å²) >= 11 is 0. The molecule has 0 saturated carbocycles. The van der Waals surface area contributed by atoms with Gasteiger partial charge in [0.05, 0.1) is 13.2 Å². The summed E-state index contributed by atoms with van der Waals surface area (Å²) in [4.78, 5) is 37.9. The van der Waals surface area contributed by atoms with E-state index in [4.69, 9.17) is 15.2 Å². The summed E-state index contributed by atoms with van der Waals surface area (Å²) in [5, 5.41) is 0. The van der Waals surface area contributed by atoms with Crippen LogP contribution in [-0.2, 0) is 25.6 Å². The lowest BCUT2D eigenvalue weighted by Gasteiger charge is -2.25. The second-order valence-electron chi connectivity index (χ2n) is 5.46. The largest absolute Gasteiger partial charge is 0.466 e. The predicted molar refractivity (Wildman–Crippen MR) is 87.0 cm³/mol. The summed E-state index contributed by atoms with van der Waals surface area (Å²) in [7, 11) is 0. The van der Waals surface area contributed by atoms with Crippen molar-refractivity contribution in [1.29, 1.82) is 0 Å². The highest BCUT2D eigenvalue weighted by Crippen LogP contribution is 2.28. The quantitative estimate of drug-likeness (QED) is 0.599. The highest BCUT2D eigenvalue weighted by molar-refractivity contribution is 6.01. The second-order valence-corrected chi connectivity index (χ2v) is 5.46. The van der Waals surface area contributed by atoms with Crippen molar-refractivity contribution in [2.45, 2.75) is 39.3 Å². The molecule has 0 fully saturated rings. The van der Waals surface area contributed by atoms with E-state index in [9.17, 15) is 14.4 Å². The minimum absolute atomic E-state index is 0.0413. The summed E-state index contributed by atoms with van der Waals surface area (Å²) < 4.78 is 9.96. The molecule has 7 heteroatoms. The normalized spacial score (nSPS) is 14.2. The maximum atomic E-state index is 12.6. The first-order valence-electron chi connectivity index (χ1n) is 7.99. The van der Waals surface area contributed by atoms with Gasteiger partial charge in [0, 0.05) is 24.2 Å². The number of amides is 1. The Kier molecular flexibility index (Phi) is 5.78. The maximum Gasteiger partial charge on any atom is 0.328 e. The number of nitrogens with two attached hydrogens (primary N) is 1. The van der Waals surface area contributed by atoms with Gasteiger partial charge in [0.25, 0.3) is 5.91 Å². The van der Waals surface area contributed by atoms with Crippen LogP contribution in [0.2, 0.25) is 0 Å². The molecule has 0 aliphatic carbocycles. The third kappa shape index (κ3) is 3.84. The van der Waals surface area contributed by atoms with Gasteiger partial charge >= 0.3 is 11.9 Å². The number of esters is 2. The SMILES string of the molecule is CCOC(=O)CCC(C(=O)OCC)N1Cc2cc(N)ccc2C1=O. The van der Waals surface area contributed by atoms with Crippen molar-refractivity contribution in [2.75, 3.05) is 18.9 Å². The smallest absolute Gasteiger partial charge is 0.328 e. The zero-order valence-corrected chi connectivity index (χ0v) is 13.9. The molecule has 7 nitrogen and oxygen atoms in total. The summed E-state index contributed by atoms with van der Waals surface area (Å²) in [6.07, 6.45) is 0.201. The lowest BCUT2D eigenvalue weighted by Crippen LogP contribution is -2.42. The average Bonchev–Trinajstić information content (AvgIpc) is 2.84. The van der Waals surface area contributed by atoms with Gasteiger partial charge < -0.3 is 20.1 Å². The molecule has 2 N–H and O–H groups in total. The second kappa shape index (κ2) is 7.81. The van der Waals surface area contributed by atoms with Gasteiger partial charge in [-0.3, -0.25) is 9.59 Å². The molecular weight excluding hydrogens is 312 g/mol. The van der Waals surface area contributed by atoms with Gasteiger partial charge in [-0.15, -0.1) is 0 Å². The molecule has 1 aliphatic rings. The van der Waals surface area contributed by atoms with E-state index in [1.807, 2.05) is 0 Å². The molecule has 1 atom stereocenters. The molecule has 24 heavy (non-hydrogen) atoms. The zero-order valence-electron chi connectivity index (χ0n) is 13.9. The molecule has 1 aromatic carbocycles. The maximum absolute atomic E-state index is 12.6. The minimum Gasteiger partial charge on any atom is -0.466 e. The molecule has 0 spiro atoms. The number of carbonyl (C=O) groups is 3. The van der Waals surface area contributed by atoms with Gasteiger partial charge in [-0.1, -0.05) is 0 Å². The number of rotatable bonds is 7. The van der Waals surface area contributed by atoms with Crippen molar-refractivity contribution in [3.8, 4) is 0 Å². The Hall–Kier alpha value is -2.57. The van der Waals surface area contributed by atoms with Crippen molar-refractivity contribution in [3.05, 3.63) is 29.3 Å². The van der Waals surface area contributed by atoms with Crippen molar-refractivity contribution >= 4 is 23.5 Å². The van der Waals surface area contributed by atoms with Crippen molar-refractivity contribution in [3.63, 3.8) is 0 Å². The fourth-order valence-corrected chi connectivity index (χ4v) is 2.74. The van der Waals surface area contributed by atoms with Gasteiger partial charge in [0.1, 0.15) is 6.04 Å². The lowest BCUT2D eigenvalue weighted by atomic mass is 10.1. The molecule has 1 aliphatic heterocycles. The van der Waals surface area contributed by atoms with Crippen LogP contribution in [0.3, 0.4) is 0 Å². The molecule has 0 bridgehead atoms. The monoisotopic (exact) mass is 334 g/mol.